The number of nitrogens with one attached hydrogen (secondary N) is 2. The van der Waals surface area contributed by atoms with Crippen LogP contribution in [0.4, 0.5) is 5.69 Å². The molecular weight excluding hydrogens is 340 g/mol. The molecule has 0 aliphatic rings. The van der Waals surface area contributed by atoms with Gasteiger partial charge in [0.25, 0.3) is 11.8 Å². The SMILES string of the molecule is COc1ccc(C)cc1C(=O)Nc1cc(C(=O)NC(C)C)ccc1Cl. The van der Waals surface area contributed by atoms with Crippen molar-refractivity contribution in [3.05, 3.63) is 58.1 Å². The van der Waals surface area contributed by atoms with E-state index in [1.165, 1.54) is 7.11 Å². The van der Waals surface area contributed by atoms with Gasteiger partial charge in [-0.25, -0.2) is 0 Å². The van der Waals surface area contributed by atoms with Crippen LogP contribution in [0.1, 0.15) is 40.1 Å². The van der Waals surface area contributed by atoms with E-state index < -0.39 is 0 Å². The number of methoxy groups -OCH3 is 1. The van der Waals surface area contributed by atoms with Crippen molar-refractivity contribution in [2.45, 2.75) is 26.8 Å². The van der Waals surface area contributed by atoms with Gasteiger partial charge in [0.2, 0.25) is 0 Å². The molecule has 6 heteroatoms. The molecule has 5 nitrogen and oxygen atoms in total. The summed E-state index contributed by atoms with van der Waals surface area (Å²) < 4.78 is 5.24. The van der Waals surface area contributed by atoms with E-state index in [1.807, 2.05) is 26.8 Å². The van der Waals surface area contributed by atoms with Crippen LogP contribution in [0.5, 0.6) is 5.75 Å². The number of hydrogen-bond donors (Lipinski definition) is 2. The minimum Gasteiger partial charge on any atom is -0.496 e. The van der Waals surface area contributed by atoms with E-state index in [2.05, 4.69) is 10.6 Å². The normalized spacial score (nSPS) is 10.5. The number of ether oxygens (including phenoxy) is 1. The molecule has 0 unspecified atom stereocenters. The minimum absolute atomic E-state index is 0.0118. The Morgan fingerprint density at radius 3 is 2.44 bits per heavy atom. The molecule has 0 atom stereocenters. The van der Waals surface area contributed by atoms with Gasteiger partial charge in [-0.3, -0.25) is 9.59 Å². The summed E-state index contributed by atoms with van der Waals surface area (Å²) in [6, 6.07) is 10.1. The second kappa shape index (κ2) is 8.03. The molecule has 0 radical (unpaired) electrons. The summed E-state index contributed by atoms with van der Waals surface area (Å²) in [6.45, 7) is 5.64. The predicted molar refractivity (Wildman–Crippen MR) is 99.7 cm³/mol. The summed E-state index contributed by atoms with van der Waals surface area (Å²) in [4.78, 5) is 24.7. The third-order valence-corrected chi connectivity index (χ3v) is 3.83. The molecule has 0 spiro atoms. The third kappa shape index (κ3) is 4.73. The topological polar surface area (TPSA) is 67.4 Å². The van der Waals surface area contributed by atoms with Crippen molar-refractivity contribution in [3.63, 3.8) is 0 Å². The summed E-state index contributed by atoms with van der Waals surface area (Å²) >= 11 is 6.17. The van der Waals surface area contributed by atoms with E-state index in [4.69, 9.17) is 16.3 Å². The molecular formula is C19H21ClN2O3. The predicted octanol–water partition coefficient (Wildman–Crippen LogP) is 4.05. The second-order valence-electron chi connectivity index (χ2n) is 5.98. The minimum atomic E-state index is -0.358. The lowest BCUT2D eigenvalue weighted by molar-refractivity contribution is 0.0941. The lowest BCUT2D eigenvalue weighted by Crippen LogP contribution is -2.30. The van der Waals surface area contributed by atoms with Gasteiger partial charge in [0, 0.05) is 11.6 Å². The second-order valence-corrected chi connectivity index (χ2v) is 6.39. The fourth-order valence-electron chi connectivity index (χ4n) is 2.30. The smallest absolute Gasteiger partial charge is 0.259 e. The van der Waals surface area contributed by atoms with Crippen LogP contribution in [-0.4, -0.2) is 25.0 Å². The fourth-order valence-corrected chi connectivity index (χ4v) is 2.46. The Bertz CT molecular complexity index is 803. The zero-order chi connectivity index (χ0) is 18.6. The van der Waals surface area contributed by atoms with Crippen LogP contribution in [-0.2, 0) is 0 Å². The lowest BCUT2D eigenvalue weighted by atomic mass is 10.1. The first-order chi connectivity index (χ1) is 11.8. The monoisotopic (exact) mass is 360 g/mol. The Hall–Kier alpha value is -2.53. The molecule has 2 aromatic carbocycles. The zero-order valence-electron chi connectivity index (χ0n) is 14.6. The third-order valence-electron chi connectivity index (χ3n) is 3.50. The van der Waals surface area contributed by atoms with Crippen LogP contribution in [0, 0.1) is 6.92 Å². The number of carbonyl (C=O) groups excluding carboxylic acids is 2. The van der Waals surface area contributed by atoms with Gasteiger partial charge < -0.3 is 15.4 Å². The van der Waals surface area contributed by atoms with E-state index in [0.717, 1.165) is 5.56 Å². The van der Waals surface area contributed by atoms with Crippen molar-refractivity contribution in [2.24, 2.45) is 0 Å². The van der Waals surface area contributed by atoms with Crippen LogP contribution in [0.2, 0.25) is 5.02 Å². The van der Waals surface area contributed by atoms with Gasteiger partial charge >= 0.3 is 0 Å². The van der Waals surface area contributed by atoms with Crippen LogP contribution in [0.3, 0.4) is 0 Å². The molecule has 0 bridgehead atoms. The molecule has 0 aliphatic carbocycles. The molecule has 132 valence electrons. The summed E-state index contributed by atoms with van der Waals surface area (Å²) in [5, 5.41) is 5.90. The van der Waals surface area contributed by atoms with Crippen molar-refractivity contribution in [1.82, 2.24) is 5.32 Å². The maximum absolute atomic E-state index is 12.6. The van der Waals surface area contributed by atoms with Gasteiger partial charge in [-0.1, -0.05) is 23.2 Å². The molecule has 2 aromatic rings. The molecule has 0 saturated heterocycles. The van der Waals surface area contributed by atoms with Crippen molar-refractivity contribution in [3.8, 4) is 5.75 Å². The molecule has 2 rings (SSSR count). The first-order valence-electron chi connectivity index (χ1n) is 7.88. The van der Waals surface area contributed by atoms with Crippen LogP contribution in [0.15, 0.2) is 36.4 Å². The Kier molecular flexibility index (Phi) is 6.04. The van der Waals surface area contributed by atoms with E-state index in [-0.39, 0.29) is 17.9 Å². The molecule has 0 aromatic heterocycles. The number of amides is 2. The number of carbonyl (C=O) groups is 2. The average Bonchev–Trinajstić information content (AvgIpc) is 2.56. The van der Waals surface area contributed by atoms with Crippen molar-refractivity contribution < 1.29 is 14.3 Å². The number of anilines is 1. The van der Waals surface area contributed by atoms with Crippen LogP contribution >= 0.6 is 11.6 Å². The maximum atomic E-state index is 12.6. The highest BCUT2D eigenvalue weighted by Crippen LogP contribution is 2.26. The molecule has 0 saturated carbocycles. The molecule has 2 N–H and O–H groups in total. The van der Waals surface area contributed by atoms with Gasteiger partial charge in [0.1, 0.15) is 5.75 Å². The Morgan fingerprint density at radius 1 is 1.08 bits per heavy atom. The molecule has 0 heterocycles. The summed E-state index contributed by atoms with van der Waals surface area (Å²) in [6.07, 6.45) is 0. The summed E-state index contributed by atoms with van der Waals surface area (Å²) in [5.41, 5.74) is 2.12. The number of aryl methyl sites for hydroxylation is 1. The van der Waals surface area contributed by atoms with Crippen LogP contribution in [0.25, 0.3) is 0 Å². The highest BCUT2D eigenvalue weighted by Gasteiger charge is 2.16. The molecule has 0 aliphatic heterocycles. The van der Waals surface area contributed by atoms with E-state index >= 15 is 0 Å². The van der Waals surface area contributed by atoms with Gasteiger partial charge in [0.05, 0.1) is 23.4 Å². The number of halogens is 1. The largest absolute Gasteiger partial charge is 0.496 e. The van der Waals surface area contributed by atoms with Crippen molar-refractivity contribution >= 4 is 29.1 Å². The van der Waals surface area contributed by atoms with Gasteiger partial charge in [0.15, 0.2) is 0 Å². The van der Waals surface area contributed by atoms with Gasteiger partial charge in [-0.15, -0.1) is 0 Å². The molecule has 25 heavy (non-hydrogen) atoms. The highest BCUT2D eigenvalue weighted by molar-refractivity contribution is 6.34. The van der Waals surface area contributed by atoms with Crippen molar-refractivity contribution in [1.29, 1.82) is 0 Å². The van der Waals surface area contributed by atoms with Crippen molar-refractivity contribution in [2.75, 3.05) is 12.4 Å². The fraction of sp³-hybridized carbons (Fsp3) is 0.263. The first-order valence-corrected chi connectivity index (χ1v) is 8.26. The summed E-state index contributed by atoms with van der Waals surface area (Å²) in [5.74, 6) is -0.118. The summed E-state index contributed by atoms with van der Waals surface area (Å²) in [7, 11) is 1.51. The Morgan fingerprint density at radius 2 is 1.80 bits per heavy atom. The van der Waals surface area contributed by atoms with Gasteiger partial charge in [-0.05, 0) is 51.1 Å². The lowest BCUT2D eigenvalue weighted by Gasteiger charge is -2.13. The average molecular weight is 361 g/mol. The molecule has 2 amide bonds. The number of benzene rings is 2. The molecule has 0 fully saturated rings. The maximum Gasteiger partial charge on any atom is 0.259 e. The Labute approximate surface area is 152 Å². The Balaban J connectivity index is 2.29. The first kappa shape index (κ1) is 18.8. The number of rotatable bonds is 5. The zero-order valence-corrected chi connectivity index (χ0v) is 15.4. The van der Waals surface area contributed by atoms with E-state index in [0.29, 0.717) is 27.6 Å². The quantitative estimate of drug-likeness (QED) is 0.845. The standard InChI is InChI=1S/C19H21ClN2O3/c1-11(2)21-18(23)13-6-7-15(20)16(10-13)22-19(24)14-9-12(3)5-8-17(14)25-4/h5-11H,1-4H3,(H,21,23)(H,22,24). The van der Waals surface area contributed by atoms with E-state index in [1.54, 1.807) is 30.3 Å². The van der Waals surface area contributed by atoms with E-state index in [9.17, 15) is 9.59 Å². The number of hydrogen-bond acceptors (Lipinski definition) is 3. The van der Waals surface area contributed by atoms with Crippen LogP contribution < -0.4 is 15.4 Å². The highest BCUT2D eigenvalue weighted by atomic mass is 35.5. The van der Waals surface area contributed by atoms with Gasteiger partial charge in [-0.2, -0.15) is 0 Å².